The lowest BCUT2D eigenvalue weighted by Gasteiger charge is -2.18. The largest absolute Gasteiger partial charge is 0.392 e. The highest BCUT2D eigenvalue weighted by molar-refractivity contribution is 5.79. The topological polar surface area (TPSA) is 62.6 Å². The summed E-state index contributed by atoms with van der Waals surface area (Å²) in [5.74, 6) is 0.884. The molecule has 1 aliphatic rings. The molecule has 0 amide bonds. The standard InChI is InChI=1S/C17H26N4O2/c1-20-16-5-4-14(13-22)12-15(16)19-17(20)18-6-2-7-21-8-3-10-23-11-9-21/h4-5,12,22H,2-3,6-11,13H2,1H3,(H,18,19). The minimum atomic E-state index is 0.0504. The Labute approximate surface area is 137 Å². The van der Waals surface area contributed by atoms with Crippen molar-refractivity contribution in [3.63, 3.8) is 0 Å². The summed E-state index contributed by atoms with van der Waals surface area (Å²) in [5.41, 5.74) is 2.89. The van der Waals surface area contributed by atoms with Crippen LogP contribution in [-0.4, -0.2) is 59.0 Å². The lowest BCUT2D eigenvalue weighted by atomic mass is 10.2. The van der Waals surface area contributed by atoms with E-state index in [2.05, 4.69) is 19.8 Å². The summed E-state index contributed by atoms with van der Waals surface area (Å²) in [6.45, 7) is 5.97. The first-order chi connectivity index (χ1) is 11.3. The minimum absolute atomic E-state index is 0.0504. The van der Waals surface area contributed by atoms with E-state index in [1.54, 1.807) is 0 Å². The van der Waals surface area contributed by atoms with E-state index in [0.717, 1.165) is 74.8 Å². The van der Waals surface area contributed by atoms with Crippen molar-refractivity contribution < 1.29 is 9.84 Å². The molecule has 1 aliphatic heterocycles. The van der Waals surface area contributed by atoms with Crippen LogP contribution in [0.1, 0.15) is 18.4 Å². The third-order valence-corrected chi connectivity index (χ3v) is 4.38. The van der Waals surface area contributed by atoms with Crippen molar-refractivity contribution in [2.45, 2.75) is 19.4 Å². The molecule has 0 atom stereocenters. The van der Waals surface area contributed by atoms with Crippen molar-refractivity contribution >= 4 is 17.0 Å². The lowest BCUT2D eigenvalue weighted by molar-refractivity contribution is 0.141. The highest BCUT2D eigenvalue weighted by Gasteiger charge is 2.10. The normalized spacial score (nSPS) is 16.6. The van der Waals surface area contributed by atoms with Gasteiger partial charge in [-0.1, -0.05) is 6.07 Å². The maximum absolute atomic E-state index is 9.23. The molecule has 126 valence electrons. The minimum Gasteiger partial charge on any atom is -0.392 e. The number of ether oxygens (including phenoxy) is 1. The predicted molar refractivity (Wildman–Crippen MR) is 91.6 cm³/mol. The smallest absolute Gasteiger partial charge is 0.203 e. The van der Waals surface area contributed by atoms with Gasteiger partial charge in [0.05, 0.1) is 24.2 Å². The molecule has 0 spiro atoms. The maximum Gasteiger partial charge on any atom is 0.203 e. The number of imidazole rings is 1. The van der Waals surface area contributed by atoms with Crippen LogP contribution in [0.3, 0.4) is 0 Å². The zero-order valence-electron chi connectivity index (χ0n) is 13.8. The van der Waals surface area contributed by atoms with Crippen LogP contribution in [0.15, 0.2) is 18.2 Å². The van der Waals surface area contributed by atoms with E-state index in [0.29, 0.717) is 0 Å². The fraction of sp³-hybridized carbons (Fsp3) is 0.588. The van der Waals surface area contributed by atoms with Crippen LogP contribution in [0, 0.1) is 0 Å². The van der Waals surface area contributed by atoms with Crippen molar-refractivity contribution in [3.8, 4) is 0 Å². The van der Waals surface area contributed by atoms with Crippen LogP contribution in [0.4, 0.5) is 5.95 Å². The number of hydrogen-bond acceptors (Lipinski definition) is 5. The summed E-state index contributed by atoms with van der Waals surface area (Å²) in [6.07, 6.45) is 2.22. The van der Waals surface area contributed by atoms with Crippen LogP contribution >= 0.6 is 0 Å². The molecule has 2 heterocycles. The maximum atomic E-state index is 9.23. The average Bonchev–Trinajstić information content (AvgIpc) is 2.75. The van der Waals surface area contributed by atoms with E-state index in [9.17, 15) is 5.11 Å². The first-order valence-corrected chi connectivity index (χ1v) is 8.38. The second-order valence-electron chi connectivity index (χ2n) is 6.06. The van der Waals surface area contributed by atoms with Crippen molar-refractivity contribution in [2.75, 3.05) is 44.7 Å². The van der Waals surface area contributed by atoms with Gasteiger partial charge in [0.1, 0.15) is 0 Å². The third kappa shape index (κ3) is 4.02. The number of nitrogens with one attached hydrogen (secondary N) is 1. The Kier molecular flexibility index (Phi) is 5.48. The highest BCUT2D eigenvalue weighted by Crippen LogP contribution is 2.19. The summed E-state index contributed by atoms with van der Waals surface area (Å²) in [5, 5.41) is 12.7. The number of benzene rings is 1. The van der Waals surface area contributed by atoms with Crippen LogP contribution in [-0.2, 0) is 18.4 Å². The Hall–Kier alpha value is -1.63. The zero-order chi connectivity index (χ0) is 16.1. The van der Waals surface area contributed by atoms with E-state index >= 15 is 0 Å². The van der Waals surface area contributed by atoms with Gasteiger partial charge in [0.2, 0.25) is 5.95 Å². The van der Waals surface area contributed by atoms with Crippen LogP contribution in [0.5, 0.6) is 0 Å². The predicted octanol–water partition coefficient (Wildman–Crippen LogP) is 1.59. The molecule has 1 aromatic heterocycles. The van der Waals surface area contributed by atoms with Gasteiger partial charge in [-0.25, -0.2) is 4.98 Å². The molecule has 6 heteroatoms. The number of nitrogens with zero attached hydrogens (tertiary/aromatic N) is 3. The van der Waals surface area contributed by atoms with Gasteiger partial charge in [-0.2, -0.15) is 0 Å². The van der Waals surface area contributed by atoms with Gasteiger partial charge in [0.25, 0.3) is 0 Å². The molecule has 1 aromatic carbocycles. The number of fused-ring (bicyclic) bond motifs is 1. The molecule has 0 bridgehead atoms. The summed E-state index contributed by atoms with van der Waals surface area (Å²) in [7, 11) is 2.02. The molecule has 1 saturated heterocycles. The van der Waals surface area contributed by atoms with Gasteiger partial charge in [-0.15, -0.1) is 0 Å². The molecule has 3 rings (SSSR count). The Morgan fingerprint density at radius 1 is 1.30 bits per heavy atom. The number of aliphatic hydroxyl groups is 1. The average molecular weight is 318 g/mol. The lowest BCUT2D eigenvalue weighted by Crippen LogP contribution is -2.28. The molecule has 1 fully saturated rings. The Morgan fingerprint density at radius 3 is 3.09 bits per heavy atom. The van der Waals surface area contributed by atoms with E-state index in [1.165, 1.54) is 0 Å². The monoisotopic (exact) mass is 318 g/mol. The molecular formula is C17H26N4O2. The Balaban J connectivity index is 1.53. The second-order valence-corrected chi connectivity index (χ2v) is 6.06. The van der Waals surface area contributed by atoms with Gasteiger partial charge < -0.3 is 24.6 Å². The molecule has 2 aromatic rings. The molecule has 6 nitrogen and oxygen atoms in total. The van der Waals surface area contributed by atoms with Crippen molar-refractivity contribution in [3.05, 3.63) is 23.8 Å². The Morgan fingerprint density at radius 2 is 2.22 bits per heavy atom. The van der Waals surface area contributed by atoms with Crippen molar-refractivity contribution in [1.82, 2.24) is 14.5 Å². The fourth-order valence-electron chi connectivity index (χ4n) is 3.03. The molecule has 0 unspecified atom stereocenters. The molecule has 23 heavy (non-hydrogen) atoms. The number of aromatic nitrogens is 2. The first kappa shape index (κ1) is 16.2. The quantitative estimate of drug-likeness (QED) is 0.792. The van der Waals surface area contributed by atoms with E-state index in [-0.39, 0.29) is 6.61 Å². The number of anilines is 1. The summed E-state index contributed by atoms with van der Waals surface area (Å²) >= 11 is 0. The summed E-state index contributed by atoms with van der Waals surface area (Å²) < 4.78 is 7.55. The third-order valence-electron chi connectivity index (χ3n) is 4.38. The summed E-state index contributed by atoms with van der Waals surface area (Å²) in [4.78, 5) is 7.10. The van der Waals surface area contributed by atoms with Gasteiger partial charge in [0.15, 0.2) is 0 Å². The molecule has 0 saturated carbocycles. The highest BCUT2D eigenvalue weighted by atomic mass is 16.5. The zero-order valence-corrected chi connectivity index (χ0v) is 13.8. The number of hydrogen-bond donors (Lipinski definition) is 2. The fourth-order valence-corrected chi connectivity index (χ4v) is 3.03. The summed E-state index contributed by atoms with van der Waals surface area (Å²) in [6, 6.07) is 5.89. The first-order valence-electron chi connectivity index (χ1n) is 8.38. The molecule has 0 radical (unpaired) electrons. The van der Waals surface area contributed by atoms with E-state index in [1.807, 2.05) is 25.2 Å². The van der Waals surface area contributed by atoms with E-state index < -0.39 is 0 Å². The van der Waals surface area contributed by atoms with Gasteiger partial charge in [-0.05, 0) is 37.1 Å². The second kappa shape index (κ2) is 7.77. The molecule has 0 aliphatic carbocycles. The van der Waals surface area contributed by atoms with Gasteiger partial charge >= 0.3 is 0 Å². The van der Waals surface area contributed by atoms with E-state index in [4.69, 9.17) is 4.74 Å². The van der Waals surface area contributed by atoms with Crippen molar-refractivity contribution in [1.29, 1.82) is 0 Å². The SMILES string of the molecule is Cn1c(NCCCN2CCCOCC2)nc2cc(CO)ccc21. The van der Waals surface area contributed by atoms with Crippen LogP contribution < -0.4 is 5.32 Å². The number of aliphatic hydroxyl groups excluding tert-OH is 1. The van der Waals surface area contributed by atoms with Crippen LogP contribution in [0.2, 0.25) is 0 Å². The Bertz CT molecular complexity index is 633. The van der Waals surface area contributed by atoms with Crippen molar-refractivity contribution in [2.24, 2.45) is 7.05 Å². The molecular weight excluding hydrogens is 292 g/mol. The van der Waals surface area contributed by atoms with Gasteiger partial charge in [-0.3, -0.25) is 0 Å². The van der Waals surface area contributed by atoms with Crippen LogP contribution in [0.25, 0.3) is 11.0 Å². The number of rotatable bonds is 6. The van der Waals surface area contributed by atoms with Gasteiger partial charge in [0, 0.05) is 33.3 Å². The number of aryl methyl sites for hydroxylation is 1. The molecule has 2 N–H and O–H groups in total.